The molecule has 0 aliphatic carbocycles. The third-order valence-corrected chi connectivity index (χ3v) is 4.92. The Kier molecular flexibility index (Phi) is 6.65. The molecule has 0 saturated carbocycles. The smallest absolute Gasteiger partial charge is 0.146 e. The first kappa shape index (κ1) is 16.9. The molecule has 2 fully saturated rings. The van der Waals surface area contributed by atoms with Crippen molar-refractivity contribution in [3.05, 3.63) is 0 Å². The van der Waals surface area contributed by atoms with Crippen molar-refractivity contribution in [1.29, 1.82) is 0 Å². The Morgan fingerprint density at radius 2 is 1.57 bits per heavy atom. The minimum Gasteiger partial charge on any atom is -0.375 e. The molecule has 2 aliphatic heterocycles. The number of likely N-dealkylation sites (tertiary alicyclic amines) is 2. The Labute approximate surface area is 129 Å². The normalized spacial score (nSPS) is 23.8. The topological polar surface area (TPSA) is 32.8 Å². The maximum Gasteiger partial charge on any atom is 0.146 e. The second-order valence-corrected chi connectivity index (χ2v) is 6.83. The van der Waals surface area contributed by atoms with Crippen LogP contribution in [0.15, 0.2) is 0 Å². The molecule has 0 unspecified atom stereocenters. The highest BCUT2D eigenvalue weighted by Gasteiger charge is 2.26. The van der Waals surface area contributed by atoms with Crippen LogP contribution >= 0.6 is 0 Å². The molecule has 4 heteroatoms. The minimum atomic E-state index is 0.357. The first-order valence-electron chi connectivity index (χ1n) is 8.72. The van der Waals surface area contributed by atoms with Gasteiger partial charge in [0.05, 0.1) is 18.8 Å². The molecule has 0 aromatic heterocycles. The van der Waals surface area contributed by atoms with Gasteiger partial charge in [0.2, 0.25) is 0 Å². The average Bonchev–Trinajstić information content (AvgIpc) is 2.49. The quantitative estimate of drug-likeness (QED) is 0.753. The van der Waals surface area contributed by atoms with E-state index in [-0.39, 0.29) is 0 Å². The number of nitrogens with zero attached hydrogens (tertiary/aromatic N) is 2. The third kappa shape index (κ3) is 5.35. The van der Waals surface area contributed by atoms with Crippen molar-refractivity contribution in [1.82, 2.24) is 9.80 Å². The number of rotatable bonds is 6. The molecule has 0 N–H and O–H groups in total. The summed E-state index contributed by atoms with van der Waals surface area (Å²) in [7, 11) is 0. The highest BCUT2D eigenvalue weighted by Crippen LogP contribution is 2.21. The summed E-state index contributed by atoms with van der Waals surface area (Å²) in [6, 6.07) is 0.658. The molecule has 2 saturated heterocycles. The Hall–Kier alpha value is -0.450. The monoisotopic (exact) mass is 296 g/mol. The van der Waals surface area contributed by atoms with E-state index in [0.29, 0.717) is 37.0 Å². The van der Waals surface area contributed by atoms with Gasteiger partial charge in [0.15, 0.2) is 0 Å². The van der Waals surface area contributed by atoms with Crippen LogP contribution in [0, 0.1) is 0 Å². The number of carbonyl (C=O) groups excluding carboxylic acids is 1. The number of Topliss-reactive ketones (excluding diaryl/α,β-unsaturated/α-hetero) is 1. The van der Waals surface area contributed by atoms with Crippen molar-refractivity contribution in [2.24, 2.45) is 0 Å². The largest absolute Gasteiger partial charge is 0.375 e. The van der Waals surface area contributed by atoms with Gasteiger partial charge in [0.1, 0.15) is 5.78 Å². The van der Waals surface area contributed by atoms with Crippen LogP contribution in [0.4, 0.5) is 0 Å². The van der Waals surface area contributed by atoms with Gasteiger partial charge in [-0.05, 0) is 39.5 Å². The average molecular weight is 296 g/mol. The summed E-state index contributed by atoms with van der Waals surface area (Å²) in [5, 5.41) is 0. The van der Waals surface area contributed by atoms with Gasteiger partial charge < -0.3 is 9.64 Å². The summed E-state index contributed by atoms with van der Waals surface area (Å²) in [6.07, 6.45) is 6.04. The summed E-state index contributed by atoms with van der Waals surface area (Å²) < 4.78 is 6.30. The summed E-state index contributed by atoms with van der Waals surface area (Å²) in [5.74, 6) is 0.357. The van der Waals surface area contributed by atoms with Crippen LogP contribution in [0.5, 0.6) is 0 Å². The second kappa shape index (κ2) is 8.25. The van der Waals surface area contributed by atoms with Crippen LogP contribution in [-0.4, -0.2) is 66.6 Å². The predicted molar refractivity (Wildman–Crippen MR) is 85.6 cm³/mol. The Morgan fingerprint density at radius 1 is 1.05 bits per heavy atom. The van der Waals surface area contributed by atoms with Crippen molar-refractivity contribution in [2.45, 2.75) is 71.1 Å². The molecule has 21 heavy (non-hydrogen) atoms. The van der Waals surface area contributed by atoms with Crippen LogP contribution in [-0.2, 0) is 9.53 Å². The van der Waals surface area contributed by atoms with Gasteiger partial charge in [0, 0.05) is 38.6 Å². The molecule has 2 heterocycles. The van der Waals surface area contributed by atoms with Crippen LogP contribution in [0.3, 0.4) is 0 Å². The lowest BCUT2D eigenvalue weighted by Gasteiger charge is -2.38. The molecule has 0 amide bonds. The highest BCUT2D eigenvalue weighted by atomic mass is 16.5. The van der Waals surface area contributed by atoms with Crippen molar-refractivity contribution in [3.8, 4) is 0 Å². The first-order valence-corrected chi connectivity index (χ1v) is 8.72. The van der Waals surface area contributed by atoms with E-state index in [9.17, 15) is 4.79 Å². The third-order valence-electron chi connectivity index (χ3n) is 4.92. The van der Waals surface area contributed by atoms with Gasteiger partial charge in [-0.2, -0.15) is 0 Å². The molecular formula is C17H32N2O2. The fraction of sp³-hybridized carbons (Fsp3) is 0.941. The maximum atomic E-state index is 11.5. The molecule has 0 bridgehead atoms. The van der Waals surface area contributed by atoms with Gasteiger partial charge in [-0.15, -0.1) is 0 Å². The van der Waals surface area contributed by atoms with Crippen LogP contribution in [0.25, 0.3) is 0 Å². The van der Waals surface area contributed by atoms with Crippen molar-refractivity contribution >= 4 is 5.78 Å². The predicted octanol–water partition coefficient (Wildman–Crippen LogP) is 2.32. The number of hydrogen-bond acceptors (Lipinski definition) is 4. The maximum absolute atomic E-state index is 11.5. The van der Waals surface area contributed by atoms with E-state index in [1.807, 2.05) is 6.92 Å². The van der Waals surface area contributed by atoms with Crippen molar-refractivity contribution in [3.63, 3.8) is 0 Å². The minimum absolute atomic E-state index is 0.357. The zero-order valence-electron chi connectivity index (χ0n) is 14.0. The van der Waals surface area contributed by atoms with E-state index in [4.69, 9.17) is 4.74 Å². The van der Waals surface area contributed by atoms with Gasteiger partial charge in [0.25, 0.3) is 0 Å². The summed E-state index contributed by atoms with van der Waals surface area (Å²) >= 11 is 0. The van der Waals surface area contributed by atoms with E-state index < -0.39 is 0 Å². The van der Waals surface area contributed by atoms with Gasteiger partial charge in [-0.3, -0.25) is 9.69 Å². The molecule has 0 radical (unpaired) electrons. The van der Waals surface area contributed by atoms with Gasteiger partial charge in [-0.25, -0.2) is 0 Å². The second-order valence-electron chi connectivity index (χ2n) is 6.83. The van der Waals surface area contributed by atoms with E-state index in [2.05, 4.69) is 23.6 Å². The molecule has 0 atom stereocenters. The molecule has 0 aromatic carbocycles. The number of hydrogen-bond donors (Lipinski definition) is 0. The molecular weight excluding hydrogens is 264 g/mol. The molecule has 0 spiro atoms. The summed E-state index contributed by atoms with van der Waals surface area (Å²) in [6.45, 7) is 11.5. The number of piperidine rings is 2. The fourth-order valence-electron chi connectivity index (χ4n) is 3.37. The lowest BCUT2D eigenvalue weighted by Crippen LogP contribution is -2.44. The van der Waals surface area contributed by atoms with Crippen LogP contribution in [0.1, 0.15) is 52.9 Å². The van der Waals surface area contributed by atoms with E-state index in [1.165, 1.54) is 25.9 Å². The molecule has 2 rings (SSSR count). The summed E-state index contributed by atoms with van der Waals surface area (Å²) in [4.78, 5) is 16.3. The van der Waals surface area contributed by atoms with E-state index in [1.54, 1.807) is 0 Å². The molecule has 2 aliphatic rings. The standard InChI is InChI=1S/C17H32N2O2/c1-4-15(20)13-18-9-5-16(6-10-18)21-17-7-11-19(12-8-17)14(2)3/h14,16-17H,4-13H2,1-3H3. The first-order chi connectivity index (χ1) is 10.1. The Morgan fingerprint density at radius 3 is 2.05 bits per heavy atom. The molecule has 122 valence electrons. The fourth-order valence-corrected chi connectivity index (χ4v) is 3.37. The zero-order chi connectivity index (χ0) is 15.2. The van der Waals surface area contributed by atoms with E-state index in [0.717, 1.165) is 25.9 Å². The SMILES string of the molecule is CCC(=O)CN1CCC(OC2CCN(C(C)C)CC2)CC1. The Bertz CT molecular complexity index is 317. The number of ketones is 1. The lowest BCUT2D eigenvalue weighted by molar-refractivity contribution is -0.121. The molecule has 0 aromatic rings. The van der Waals surface area contributed by atoms with E-state index >= 15 is 0 Å². The van der Waals surface area contributed by atoms with Crippen molar-refractivity contribution in [2.75, 3.05) is 32.7 Å². The van der Waals surface area contributed by atoms with Crippen molar-refractivity contribution < 1.29 is 9.53 Å². The Balaban J connectivity index is 1.64. The number of carbonyl (C=O) groups is 1. The number of ether oxygens (including phenoxy) is 1. The lowest BCUT2D eigenvalue weighted by atomic mass is 10.0. The molecule has 4 nitrogen and oxygen atoms in total. The van der Waals surface area contributed by atoms with Crippen LogP contribution in [0.2, 0.25) is 0 Å². The van der Waals surface area contributed by atoms with Crippen LogP contribution < -0.4 is 0 Å². The highest BCUT2D eigenvalue weighted by molar-refractivity contribution is 5.80. The summed E-state index contributed by atoms with van der Waals surface area (Å²) in [5.41, 5.74) is 0. The van der Waals surface area contributed by atoms with Gasteiger partial charge in [-0.1, -0.05) is 6.92 Å². The van der Waals surface area contributed by atoms with Gasteiger partial charge >= 0.3 is 0 Å². The zero-order valence-corrected chi connectivity index (χ0v) is 14.0.